The van der Waals surface area contributed by atoms with E-state index in [9.17, 15) is 10.2 Å². The van der Waals surface area contributed by atoms with Gasteiger partial charge >= 0.3 is 0 Å². The topological polar surface area (TPSA) is 49.7 Å². The van der Waals surface area contributed by atoms with Crippen LogP contribution >= 0.6 is 0 Å². The van der Waals surface area contributed by atoms with Crippen LogP contribution in [0.25, 0.3) is 0 Å². The summed E-state index contributed by atoms with van der Waals surface area (Å²) in [7, 11) is 0. The number of aliphatic hydroxyl groups is 2. The number of rotatable bonds is 4. The minimum absolute atomic E-state index is 0.107. The Morgan fingerprint density at radius 1 is 1.14 bits per heavy atom. The second-order valence-corrected chi connectivity index (χ2v) is 11.9. The molecule has 0 aromatic rings. The summed E-state index contributed by atoms with van der Waals surface area (Å²) in [4.78, 5) is 0. The van der Waals surface area contributed by atoms with Gasteiger partial charge in [0.25, 0.3) is 0 Å². The molecular formula is C26H42O3. The van der Waals surface area contributed by atoms with Crippen molar-refractivity contribution in [1.82, 2.24) is 0 Å². The Balaban J connectivity index is 1.31. The van der Waals surface area contributed by atoms with Crippen molar-refractivity contribution < 1.29 is 14.9 Å². The second-order valence-electron chi connectivity index (χ2n) is 11.9. The van der Waals surface area contributed by atoms with Gasteiger partial charge < -0.3 is 14.9 Å². The van der Waals surface area contributed by atoms with Crippen LogP contribution in [-0.4, -0.2) is 35.1 Å². The van der Waals surface area contributed by atoms with Gasteiger partial charge in [0.1, 0.15) is 0 Å². The molecule has 0 radical (unpaired) electrons. The predicted octanol–water partition coefficient (Wildman–Crippen LogP) is 5.10. The highest BCUT2D eigenvalue weighted by Crippen LogP contribution is 2.68. The third-order valence-corrected chi connectivity index (χ3v) is 10.5. The molecule has 3 heteroatoms. The molecule has 4 aliphatic carbocycles. The van der Waals surface area contributed by atoms with Crippen molar-refractivity contribution in [3.05, 3.63) is 11.6 Å². The average Bonchev–Trinajstić information content (AvgIpc) is 3.23. The normalized spacial score (nSPS) is 52.2. The third kappa shape index (κ3) is 3.17. The lowest BCUT2D eigenvalue weighted by molar-refractivity contribution is -0.0516. The summed E-state index contributed by atoms with van der Waals surface area (Å²) in [6, 6.07) is 0. The fourth-order valence-electron chi connectivity index (χ4n) is 8.64. The zero-order chi connectivity index (χ0) is 20.4. The molecule has 29 heavy (non-hydrogen) atoms. The Morgan fingerprint density at radius 2 is 1.97 bits per heavy atom. The predicted molar refractivity (Wildman–Crippen MR) is 115 cm³/mol. The summed E-state index contributed by atoms with van der Waals surface area (Å²) in [5.41, 5.74) is 2.37. The molecule has 3 nitrogen and oxygen atoms in total. The van der Waals surface area contributed by atoms with Crippen molar-refractivity contribution in [3.63, 3.8) is 0 Å². The summed E-state index contributed by atoms with van der Waals surface area (Å²) < 4.78 is 6.63. The van der Waals surface area contributed by atoms with Crippen molar-refractivity contribution in [2.45, 2.75) is 103 Å². The van der Waals surface area contributed by atoms with Crippen LogP contribution in [0.2, 0.25) is 0 Å². The summed E-state index contributed by atoms with van der Waals surface area (Å²) in [6.45, 7) is 7.57. The van der Waals surface area contributed by atoms with E-state index < -0.39 is 0 Å². The van der Waals surface area contributed by atoms with Crippen LogP contribution in [-0.2, 0) is 4.74 Å². The fraction of sp³-hybridized carbons (Fsp3) is 0.923. The average molecular weight is 403 g/mol. The molecule has 0 amide bonds. The standard InChI is InChI=1S/C26H42O3/c1-16(15-27)4-6-19-13-23-24(29-19)14-22-20-7-5-17-12-18(28)8-10-25(17,2)21(20)9-11-26(22,23)3/h5,16,18-24,27-28H,4,6-15H2,1-3H3/t16-,18+,19-,20-,21?,22?,23?,24?,25+,26+/m1/s1. The SMILES string of the molecule is C[C@@H](CO)CC[C@@H]1CC2C(CC3[C@@H]4CC=C5C[C@@H](O)CC[C@]5(C)C4CC[C@]23C)O1. The molecule has 0 spiro atoms. The maximum atomic E-state index is 10.2. The molecule has 0 aromatic heterocycles. The van der Waals surface area contributed by atoms with Gasteiger partial charge in [-0.3, -0.25) is 0 Å². The van der Waals surface area contributed by atoms with E-state index in [2.05, 4.69) is 26.8 Å². The highest BCUT2D eigenvalue weighted by molar-refractivity contribution is 5.26. The van der Waals surface area contributed by atoms with E-state index in [-0.39, 0.29) is 6.10 Å². The van der Waals surface area contributed by atoms with Crippen LogP contribution < -0.4 is 0 Å². The van der Waals surface area contributed by atoms with Gasteiger partial charge in [0, 0.05) is 6.61 Å². The van der Waals surface area contributed by atoms with E-state index in [1.54, 1.807) is 5.57 Å². The van der Waals surface area contributed by atoms with E-state index in [4.69, 9.17) is 4.74 Å². The third-order valence-electron chi connectivity index (χ3n) is 10.5. The van der Waals surface area contributed by atoms with E-state index in [1.165, 1.54) is 38.5 Å². The van der Waals surface area contributed by atoms with Crippen LogP contribution in [0.4, 0.5) is 0 Å². The molecule has 1 saturated heterocycles. The van der Waals surface area contributed by atoms with E-state index in [0.29, 0.717) is 35.6 Å². The van der Waals surface area contributed by atoms with Crippen molar-refractivity contribution in [2.24, 2.45) is 40.4 Å². The zero-order valence-corrected chi connectivity index (χ0v) is 18.8. The van der Waals surface area contributed by atoms with Crippen LogP contribution in [0.3, 0.4) is 0 Å². The first-order chi connectivity index (χ1) is 13.8. The first kappa shape index (κ1) is 20.5. The molecule has 3 saturated carbocycles. The lowest BCUT2D eigenvalue weighted by Gasteiger charge is -2.58. The summed E-state index contributed by atoms with van der Waals surface area (Å²) in [6.07, 6.45) is 15.1. The van der Waals surface area contributed by atoms with Crippen LogP contribution in [0.5, 0.6) is 0 Å². The maximum absolute atomic E-state index is 10.2. The summed E-state index contributed by atoms with van der Waals surface area (Å²) in [5.74, 6) is 3.59. The molecule has 1 aliphatic heterocycles. The van der Waals surface area contributed by atoms with Crippen LogP contribution in [0, 0.1) is 40.4 Å². The molecular weight excluding hydrogens is 360 g/mol. The molecule has 5 rings (SSSR count). The van der Waals surface area contributed by atoms with Crippen LogP contribution in [0.15, 0.2) is 11.6 Å². The Labute approximate surface area is 177 Å². The number of allylic oxidation sites excluding steroid dienone is 1. The van der Waals surface area contributed by atoms with Crippen molar-refractivity contribution in [2.75, 3.05) is 6.61 Å². The summed E-state index contributed by atoms with van der Waals surface area (Å²) >= 11 is 0. The van der Waals surface area contributed by atoms with E-state index in [1.807, 2.05) is 0 Å². The van der Waals surface area contributed by atoms with Gasteiger partial charge in [0.2, 0.25) is 0 Å². The minimum atomic E-state index is -0.107. The molecule has 0 bridgehead atoms. The number of fused-ring (bicyclic) bond motifs is 7. The number of aliphatic hydroxyl groups excluding tert-OH is 2. The highest BCUT2D eigenvalue weighted by Gasteiger charge is 2.63. The Bertz CT molecular complexity index is 658. The molecule has 4 unspecified atom stereocenters. The van der Waals surface area contributed by atoms with Gasteiger partial charge in [0.15, 0.2) is 0 Å². The lowest BCUT2D eigenvalue weighted by Crippen LogP contribution is -2.50. The van der Waals surface area contributed by atoms with Crippen LogP contribution in [0.1, 0.15) is 85.0 Å². The number of hydrogen-bond donors (Lipinski definition) is 2. The van der Waals surface area contributed by atoms with Gasteiger partial charge in [0.05, 0.1) is 18.3 Å². The quantitative estimate of drug-likeness (QED) is 0.643. The monoisotopic (exact) mass is 402 g/mol. The Kier molecular flexibility index (Phi) is 5.20. The number of hydrogen-bond acceptors (Lipinski definition) is 3. The van der Waals surface area contributed by atoms with Crippen molar-refractivity contribution >= 4 is 0 Å². The van der Waals surface area contributed by atoms with Gasteiger partial charge in [-0.1, -0.05) is 32.4 Å². The molecule has 5 aliphatic rings. The molecule has 164 valence electrons. The molecule has 10 atom stereocenters. The Morgan fingerprint density at radius 3 is 2.76 bits per heavy atom. The van der Waals surface area contributed by atoms with E-state index in [0.717, 1.165) is 49.4 Å². The van der Waals surface area contributed by atoms with Gasteiger partial charge in [-0.05, 0) is 105 Å². The molecule has 0 aromatic carbocycles. The first-order valence-electron chi connectivity index (χ1n) is 12.5. The minimum Gasteiger partial charge on any atom is -0.396 e. The van der Waals surface area contributed by atoms with Gasteiger partial charge in [-0.15, -0.1) is 0 Å². The first-order valence-corrected chi connectivity index (χ1v) is 12.5. The molecule has 4 fully saturated rings. The summed E-state index contributed by atoms with van der Waals surface area (Å²) in [5, 5.41) is 19.5. The van der Waals surface area contributed by atoms with Gasteiger partial charge in [-0.2, -0.15) is 0 Å². The smallest absolute Gasteiger partial charge is 0.0616 e. The van der Waals surface area contributed by atoms with Crippen molar-refractivity contribution in [1.29, 1.82) is 0 Å². The molecule has 1 heterocycles. The zero-order valence-electron chi connectivity index (χ0n) is 18.8. The highest BCUT2D eigenvalue weighted by atomic mass is 16.5. The second kappa shape index (κ2) is 7.35. The number of ether oxygens (including phenoxy) is 1. The lowest BCUT2D eigenvalue weighted by atomic mass is 9.47. The molecule has 2 N–H and O–H groups in total. The fourth-order valence-corrected chi connectivity index (χ4v) is 8.64. The van der Waals surface area contributed by atoms with Gasteiger partial charge in [-0.25, -0.2) is 0 Å². The van der Waals surface area contributed by atoms with E-state index >= 15 is 0 Å². The van der Waals surface area contributed by atoms with Crippen molar-refractivity contribution in [3.8, 4) is 0 Å². The maximum Gasteiger partial charge on any atom is 0.0616 e. The Hall–Kier alpha value is -0.380. The largest absolute Gasteiger partial charge is 0.396 e.